The Morgan fingerprint density at radius 2 is 2.03 bits per heavy atom. The summed E-state index contributed by atoms with van der Waals surface area (Å²) in [6.45, 7) is 1.51. The van der Waals surface area contributed by atoms with Crippen molar-refractivity contribution in [3.8, 4) is 0 Å². The maximum atomic E-state index is 14.4. The van der Waals surface area contributed by atoms with Crippen LogP contribution < -0.4 is 5.48 Å². The fraction of sp³-hybridized carbons (Fsp3) is 0.423. The molecule has 0 spiro atoms. The zero-order chi connectivity index (χ0) is 25.4. The number of aromatic nitrogens is 2. The molecule has 1 saturated carbocycles. The lowest BCUT2D eigenvalue weighted by molar-refractivity contribution is -0.129. The molecule has 1 atom stereocenters. The fourth-order valence-corrected chi connectivity index (χ4v) is 5.17. The van der Waals surface area contributed by atoms with E-state index < -0.39 is 17.5 Å². The van der Waals surface area contributed by atoms with Crippen LogP contribution in [0.2, 0.25) is 0 Å². The van der Waals surface area contributed by atoms with Crippen molar-refractivity contribution in [3.63, 3.8) is 0 Å². The minimum absolute atomic E-state index is 0.0594. The number of carbonyl (C=O) groups excluding carboxylic acids is 2. The van der Waals surface area contributed by atoms with E-state index in [0.717, 1.165) is 49.2 Å². The van der Waals surface area contributed by atoms with E-state index in [2.05, 4.69) is 14.8 Å². The maximum absolute atomic E-state index is 14.4. The predicted octanol–water partition coefficient (Wildman–Crippen LogP) is 3.46. The van der Waals surface area contributed by atoms with Crippen LogP contribution in [0, 0.1) is 11.6 Å². The molecule has 1 unspecified atom stereocenters. The van der Waals surface area contributed by atoms with Crippen LogP contribution in [-0.2, 0) is 17.9 Å². The molecule has 1 aromatic carbocycles. The Labute approximate surface area is 207 Å². The maximum Gasteiger partial charge on any atom is 0.293 e. The summed E-state index contributed by atoms with van der Waals surface area (Å²) in [5, 5.41) is 9.79. The number of hydroxylamine groups is 1. The quantitative estimate of drug-likeness (QED) is 0.349. The number of carbonyl (C=O) groups is 2. The Kier molecular flexibility index (Phi) is 6.72. The molecule has 0 bridgehead atoms. The van der Waals surface area contributed by atoms with Crippen molar-refractivity contribution in [2.45, 2.75) is 57.3 Å². The molecule has 2 aromatic heterocycles. The topological polar surface area (TPSA) is 90.7 Å². The third kappa shape index (κ3) is 4.96. The van der Waals surface area contributed by atoms with Crippen LogP contribution in [0.3, 0.4) is 0 Å². The molecule has 10 heteroatoms. The number of benzene rings is 1. The summed E-state index contributed by atoms with van der Waals surface area (Å²) in [6, 6.07) is 5.79. The van der Waals surface area contributed by atoms with E-state index in [9.17, 15) is 18.4 Å². The number of amides is 2. The molecule has 1 aliphatic heterocycles. The molecule has 190 valence electrons. The Bertz CT molecular complexity index is 1310. The molecule has 8 nitrogen and oxygen atoms in total. The molecule has 3 heterocycles. The lowest BCUT2D eigenvalue weighted by Gasteiger charge is -2.26. The summed E-state index contributed by atoms with van der Waals surface area (Å²) >= 11 is 0. The van der Waals surface area contributed by atoms with Gasteiger partial charge in [-0.2, -0.15) is 0 Å². The molecule has 2 N–H and O–H groups in total. The first-order valence-electron chi connectivity index (χ1n) is 12.2. The van der Waals surface area contributed by atoms with Crippen LogP contribution in [-0.4, -0.2) is 62.0 Å². The van der Waals surface area contributed by atoms with Gasteiger partial charge in [0.25, 0.3) is 5.91 Å². The molecule has 2 amide bonds. The second-order valence-electron chi connectivity index (χ2n) is 9.80. The predicted molar refractivity (Wildman–Crippen MR) is 128 cm³/mol. The number of rotatable bonds is 9. The Hall–Kier alpha value is -3.37. The molecule has 2 fully saturated rings. The van der Waals surface area contributed by atoms with E-state index in [4.69, 9.17) is 5.21 Å². The summed E-state index contributed by atoms with van der Waals surface area (Å²) < 4.78 is 29.6. The monoisotopic (exact) mass is 497 g/mol. The van der Waals surface area contributed by atoms with Crippen LogP contribution in [0.15, 0.2) is 36.7 Å². The van der Waals surface area contributed by atoms with Gasteiger partial charge in [0, 0.05) is 54.8 Å². The number of hydrogen-bond donors (Lipinski definition) is 2. The van der Waals surface area contributed by atoms with Gasteiger partial charge < -0.3 is 14.4 Å². The average Bonchev–Trinajstić information content (AvgIpc) is 3.55. The van der Waals surface area contributed by atoms with E-state index in [0.29, 0.717) is 30.1 Å². The Morgan fingerprint density at radius 1 is 1.22 bits per heavy atom. The first kappa shape index (κ1) is 24.3. The minimum Gasteiger partial charge on any atom is -0.341 e. The van der Waals surface area contributed by atoms with Gasteiger partial charge >= 0.3 is 0 Å². The van der Waals surface area contributed by atoms with Gasteiger partial charge in [-0.05, 0) is 50.4 Å². The Balaban J connectivity index is 1.37. The van der Waals surface area contributed by atoms with E-state index in [1.54, 1.807) is 11.5 Å². The first-order valence-corrected chi connectivity index (χ1v) is 12.2. The SMILES string of the molecule is CN(CCC1CCC(=O)N1C1CC1)Cc1cn(Cc2ccc(F)cc2F)c2cnc(C(=O)NO)cc12. The van der Waals surface area contributed by atoms with Crippen molar-refractivity contribution >= 4 is 22.7 Å². The molecule has 2 aliphatic rings. The van der Waals surface area contributed by atoms with Crippen molar-refractivity contribution in [1.29, 1.82) is 0 Å². The molecular weight excluding hydrogens is 468 g/mol. The highest BCUT2D eigenvalue weighted by Crippen LogP contribution is 2.35. The summed E-state index contributed by atoms with van der Waals surface area (Å²) in [5.74, 6) is -1.73. The van der Waals surface area contributed by atoms with Crippen LogP contribution in [0.5, 0.6) is 0 Å². The van der Waals surface area contributed by atoms with Crippen LogP contribution >= 0.6 is 0 Å². The van der Waals surface area contributed by atoms with Crippen molar-refractivity contribution < 1.29 is 23.6 Å². The fourth-order valence-electron chi connectivity index (χ4n) is 5.17. The zero-order valence-electron chi connectivity index (χ0n) is 20.1. The van der Waals surface area contributed by atoms with E-state index >= 15 is 0 Å². The normalized spacial score (nSPS) is 18.0. The smallest absolute Gasteiger partial charge is 0.293 e. The largest absolute Gasteiger partial charge is 0.341 e. The molecule has 3 aromatic rings. The number of pyridine rings is 1. The molecule has 5 rings (SSSR count). The number of likely N-dealkylation sites (tertiary alicyclic amines) is 1. The third-order valence-corrected chi connectivity index (χ3v) is 7.14. The van der Waals surface area contributed by atoms with E-state index in [-0.39, 0.29) is 24.2 Å². The van der Waals surface area contributed by atoms with Gasteiger partial charge in [-0.15, -0.1) is 0 Å². The highest BCUT2D eigenvalue weighted by molar-refractivity contribution is 5.96. The minimum atomic E-state index is -0.723. The molecule has 1 aliphatic carbocycles. The number of nitrogens with zero attached hydrogens (tertiary/aromatic N) is 4. The second-order valence-corrected chi connectivity index (χ2v) is 9.80. The van der Waals surface area contributed by atoms with Gasteiger partial charge in [0.1, 0.15) is 17.3 Å². The van der Waals surface area contributed by atoms with Crippen LogP contribution in [0.4, 0.5) is 8.78 Å². The van der Waals surface area contributed by atoms with Crippen LogP contribution in [0.25, 0.3) is 10.9 Å². The molecule has 36 heavy (non-hydrogen) atoms. The summed E-state index contributed by atoms with van der Waals surface area (Å²) in [6.07, 6.45) is 8.02. The van der Waals surface area contributed by atoms with Crippen LogP contribution in [0.1, 0.15) is 53.7 Å². The van der Waals surface area contributed by atoms with Crippen molar-refractivity contribution in [3.05, 3.63) is 65.1 Å². The van der Waals surface area contributed by atoms with Gasteiger partial charge in [-0.25, -0.2) is 19.2 Å². The number of fused-ring (bicyclic) bond motifs is 1. The molecule has 1 saturated heterocycles. The van der Waals surface area contributed by atoms with Crippen molar-refractivity contribution in [1.82, 2.24) is 24.8 Å². The van der Waals surface area contributed by atoms with Gasteiger partial charge in [0.05, 0.1) is 18.3 Å². The van der Waals surface area contributed by atoms with Crippen molar-refractivity contribution in [2.75, 3.05) is 13.6 Å². The highest BCUT2D eigenvalue weighted by atomic mass is 19.1. The van der Waals surface area contributed by atoms with Crippen molar-refractivity contribution in [2.24, 2.45) is 0 Å². The average molecular weight is 498 g/mol. The van der Waals surface area contributed by atoms with Gasteiger partial charge in [-0.1, -0.05) is 6.07 Å². The van der Waals surface area contributed by atoms with Gasteiger partial charge in [-0.3, -0.25) is 14.8 Å². The lowest BCUT2D eigenvalue weighted by Crippen LogP contribution is -2.37. The highest BCUT2D eigenvalue weighted by Gasteiger charge is 2.40. The lowest BCUT2D eigenvalue weighted by atomic mass is 10.1. The summed E-state index contributed by atoms with van der Waals surface area (Å²) in [4.78, 5) is 32.6. The summed E-state index contributed by atoms with van der Waals surface area (Å²) in [7, 11) is 2.00. The second kappa shape index (κ2) is 9.94. The standard InChI is InChI=1S/C26H29F2N5O3/c1-31(9-8-20-6-7-25(34)33(20)19-4-5-19)13-17-15-32(14-16-2-3-18(27)10-22(16)28)24-12-29-23(11-21(17)24)26(35)30-36/h2-3,10-12,15,19-20,36H,4-9,13-14H2,1H3,(H,30,35). The number of halogens is 2. The zero-order valence-corrected chi connectivity index (χ0v) is 20.1. The third-order valence-electron chi connectivity index (χ3n) is 7.14. The van der Waals surface area contributed by atoms with E-state index in [1.807, 2.05) is 17.8 Å². The van der Waals surface area contributed by atoms with E-state index in [1.165, 1.54) is 18.3 Å². The Morgan fingerprint density at radius 3 is 2.75 bits per heavy atom. The number of nitrogens with one attached hydrogen (secondary N) is 1. The molecular formula is C26H29F2N5O3. The van der Waals surface area contributed by atoms with Gasteiger partial charge in [0.2, 0.25) is 5.91 Å². The van der Waals surface area contributed by atoms with Gasteiger partial charge in [0.15, 0.2) is 0 Å². The summed E-state index contributed by atoms with van der Waals surface area (Å²) in [5.41, 5.74) is 3.59. The first-order chi connectivity index (χ1) is 17.3. The number of hydrogen-bond acceptors (Lipinski definition) is 5. The molecule has 0 radical (unpaired) electrons.